The van der Waals surface area contributed by atoms with Crippen LogP contribution >= 0.6 is 0 Å². The van der Waals surface area contributed by atoms with Crippen LogP contribution in [-0.4, -0.2) is 22.6 Å². The highest BCUT2D eigenvalue weighted by Gasteiger charge is 2.15. The molecule has 1 aromatic heterocycles. The Morgan fingerprint density at radius 2 is 1.71 bits per heavy atom. The van der Waals surface area contributed by atoms with Crippen molar-refractivity contribution >= 4 is 11.6 Å². The van der Waals surface area contributed by atoms with Crippen molar-refractivity contribution in [2.24, 2.45) is 0 Å². The standard InChI is InChI=1S/C17H32N4/c1-6-8-9-10-11-14(5)21-17-15(13(3)4)16(18-7-2)19-12-20-17/h12-14H,6-11H2,1-5H3,(H2,18,19,20,21). The van der Waals surface area contributed by atoms with Gasteiger partial charge in [0, 0.05) is 18.2 Å². The Balaban J connectivity index is 2.70. The lowest BCUT2D eigenvalue weighted by molar-refractivity contribution is 0.592. The number of aromatic nitrogens is 2. The van der Waals surface area contributed by atoms with Crippen molar-refractivity contribution < 1.29 is 0 Å². The van der Waals surface area contributed by atoms with E-state index in [1.807, 2.05) is 0 Å². The second kappa shape index (κ2) is 9.59. The van der Waals surface area contributed by atoms with Gasteiger partial charge in [-0.3, -0.25) is 0 Å². The van der Waals surface area contributed by atoms with Crippen LogP contribution in [0.5, 0.6) is 0 Å². The maximum atomic E-state index is 4.47. The molecule has 0 aromatic carbocycles. The largest absolute Gasteiger partial charge is 0.370 e. The van der Waals surface area contributed by atoms with Crippen LogP contribution in [0.15, 0.2) is 6.33 Å². The van der Waals surface area contributed by atoms with Crippen LogP contribution in [0.2, 0.25) is 0 Å². The van der Waals surface area contributed by atoms with Gasteiger partial charge in [-0.15, -0.1) is 0 Å². The molecule has 0 aliphatic carbocycles. The molecule has 0 bridgehead atoms. The molecule has 0 aliphatic rings. The van der Waals surface area contributed by atoms with Crippen molar-refractivity contribution in [2.45, 2.75) is 78.7 Å². The monoisotopic (exact) mass is 292 g/mol. The van der Waals surface area contributed by atoms with E-state index in [0.29, 0.717) is 12.0 Å². The zero-order chi connectivity index (χ0) is 15.7. The first-order valence-corrected chi connectivity index (χ1v) is 8.45. The fourth-order valence-electron chi connectivity index (χ4n) is 2.55. The molecule has 1 heterocycles. The van der Waals surface area contributed by atoms with Gasteiger partial charge in [-0.05, 0) is 26.2 Å². The van der Waals surface area contributed by atoms with Crippen molar-refractivity contribution in [1.82, 2.24) is 9.97 Å². The molecule has 0 spiro atoms. The Bertz CT molecular complexity index is 404. The van der Waals surface area contributed by atoms with Gasteiger partial charge in [0.25, 0.3) is 0 Å². The first kappa shape index (κ1) is 17.7. The summed E-state index contributed by atoms with van der Waals surface area (Å²) < 4.78 is 0. The number of nitrogens with zero attached hydrogens (tertiary/aromatic N) is 2. The third-order valence-electron chi connectivity index (χ3n) is 3.68. The maximum absolute atomic E-state index is 4.47. The highest BCUT2D eigenvalue weighted by atomic mass is 15.1. The van der Waals surface area contributed by atoms with E-state index in [1.54, 1.807) is 6.33 Å². The summed E-state index contributed by atoms with van der Waals surface area (Å²) in [5.74, 6) is 2.34. The maximum Gasteiger partial charge on any atom is 0.135 e. The van der Waals surface area contributed by atoms with Gasteiger partial charge in [-0.25, -0.2) is 9.97 Å². The van der Waals surface area contributed by atoms with Crippen LogP contribution in [0.1, 0.15) is 78.2 Å². The smallest absolute Gasteiger partial charge is 0.135 e. The molecule has 0 amide bonds. The Hall–Kier alpha value is -1.32. The van der Waals surface area contributed by atoms with Crippen LogP contribution in [0, 0.1) is 0 Å². The molecule has 4 heteroatoms. The fraction of sp³-hybridized carbons (Fsp3) is 0.765. The molecular formula is C17H32N4. The molecule has 0 fully saturated rings. The van der Waals surface area contributed by atoms with Crippen molar-refractivity contribution in [3.63, 3.8) is 0 Å². The molecule has 1 rings (SSSR count). The molecule has 21 heavy (non-hydrogen) atoms. The van der Waals surface area contributed by atoms with Crippen LogP contribution in [0.3, 0.4) is 0 Å². The van der Waals surface area contributed by atoms with Crippen LogP contribution in [0.4, 0.5) is 11.6 Å². The lowest BCUT2D eigenvalue weighted by Gasteiger charge is -2.20. The molecule has 1 atom stereocenters. The average Bonchev–Trinajstić information content (AvgIpc) is 2.44. The predicted molar refractivity (Wildman–Crippen MR) is 92.1 cm³/mol. The van der Waals surface area contributed by atoms with E-state index >= 15 is 0 Å². The molecule has 4 nitrogen and oxygen atoms in total. The van der Waals surface area contributed by atoms with E-state index in [4.69, 9.17) is 0 Å². The average molecular weight is 292 g/mol. The summed E-state index contributed by atoms with van der Waals surface area (Å²) in [6, 6.07) is 0.448. The van der Waals surface area contributed by atoms with E-state index < -0.39 is 0 Å². The van der Waals surface area contributed by atoms with Gasteiger partial charge in [0.15, 0.2) is 0 Å². The van der Waals surface area contributed by atoms with E-state index in [0.717, 1.165) is 18.2 Å². The molecule has 0 radical (unpaired) electrons. The summed E-state index contributed by atoms with van der Waals surface area (Å²) in [4.78, 5) is 8.85. The molecule has 1 aromatic rings. The van der Waals surface area contributed by atoms with Crippen LogP contribution in [0.25, 0.3) is 0 Å². The Kier molecular flexibility index (Phi) is 8.09. The number of unbranched alkanes of at least 4 members (excludes halogenated alkanes) is 3. The first-order valence-electron chi connectivity index (χ1n) is 8.45. The van der Waals surface area contributed by atoms with Gasteiger partial charge in [0.05, 0.1) is 0 Å². The minimum absolute atomic E-state index is 0.398. The summed E-state index contributed by atoms with van der Waals surface area (Å²) in [5, 5.41) is 6.92. The summed E-state index contributed by atoms with van der Waals surface area (Å²) in [6.07, 6.45) is 8.07. The van der Waals surface area contributed by atoms with E-state index in [9.17, 15) is 0 Å². The first-order chi connectivity index (χ1) is 10.1. The van der Waals surface area contributed by atoms with E-state index in [2.05, 4.69) is 55.2 Å². The molecule has 120 valence electrons. The Morgan fingerprint density at radius 3 is 2.33 bits per heavy atom. The normalized spacial score (nSPS) is 12.5. The lowest BCUT2D eigenvalue weighted by Crippen LogP contribution is -2.19. The van der Waals surface area contributed by atoms with Crippen LogP contribution in [-0.2, 0) is 0 Å². The van der Waals surface area contributed by atoms with Gasteiger partial charge >= 0.3 is 0 Å². The molecular weight excluding hydrogens is 260 g/mol. The second-order valence-corrected chi connectivity index (χ2v) is 6.06. The second-order valence-electron chi connectivity index (χ2n) is 6.06. The van der Waals surface area contributed by atoms with Gasteiger partial charge in [0.2, 0.25) is 0 Å². The molecule has 0 saturated heterocycles. The Morgan fingerprint density at radius 1 is 1.00 bits per heavy atom. The quantitative estimate of drug-likeness (QED) is 0.608. The fourth-order valence-corrected chi connectivity index (χ4v) is 2.55. The minimum Gasteiger partial charge on any atom is -0.370 e. The van der Waals surface area contributed by atoms with Gasteiger partial charge < -0.3 is 10.6 Å². The third kappa shape index (κ3) is 5.90. The number of hydrogen-bond acceptors (Lipinski definition) is 4. The molecule has 2 N–H and O–H groups in total. The van der Waals surface area contributed by atoms with Gasteiger partial charge in [0.1, 0.15) is 18.0 Å². The SMILES string of the molecule is CCCCCCC(C)Nc1ncnc(NCC)c1C(C)C. The summed E-state index contributed by atoms with van der Waals surface area (Å²) >= 11 is 0. The highest BCUT2D eigenvalue weighted by molar-refractivity contribution is 5.59. The molecule has 0 aliphatic heterocycles. The zero-order valence-electron chi connectivity index (χ0n) is 14.4. The van der Waals surface area contributed by atoms with E-state index in [-0.39, 0.29) is 0 Å². The van der Waals surface area contributed by atoms with Crippen molar-refractivity contribution in [3.05, 3.63) is 11.9 Å². The zero-order valence-corrected chi connectivity index (χ0v) is 14.4. The highest BCUT2D eigenvalue weighted by Crippen LogP contribution is 2.29. The van der Waals surface area contributed by atoms with Crippen LogP contribution < -0.4 is 10.6 Å². The summed E-state index contributed by atoms with van der Waals surface area (Å²) in [5.41, 5.74) is 1.19. The lowest BCUT2D eigenvalue weighted by atomic mass is 10.0. The number of rotatable bonds is 10. The van der Waals surface area contributed by atoms with Crippen molar-refractivity contribution in [3.8, 4) is 0 Å². The van der Waals surface area contributed by atoms with Gasteiger partial charge in [-0.1, -0.05) is 46.5 Å². The topological polar surface area (TPSA) is 49.8 Å². The molecule has 1 unspecified atom stereocenters. The third-order valence-corrected chi connectivity index (χ3v) is 3.68. The summed E-state index contributed by atoms with van der Waals surface area (Å²) in [7, 11) is 0. The number of nitrogens with one attached hydrogen (secondary N) is 2. The summed E-state index contributed by atoms with van der Waals surface area (Å²) in [6.45, 7) is 11.8. The van der Waals surface area contributed by atoms with Gasteiger partial charge in [-0.2, -0.15) is 0 Å². The predicted octanol–water partition coefficient (Wildman–Crippen LogP) is 4.80. The van der Waals surface area contributed by atoms with E-state index in [1.165, 1.54) is 37.7 Å². The van der Waals surface area contributed by atoms with Crippen molar-refractivity contribution in [1.29, 1.82) is 0 Å². The molecule has 0 saturated carbocycles. The Labute approximate surface area is 130 Å². The van der Waals surface area contributed by atoms with Crippen molar-refractivity contribution in [2.75, 3.05) is 17.2 Å². The minimum atomic E-state index is 0.398. The number of hydrogen-bond donors (Lipinski definition) is 2. The number of anilines is 2.